The van der Waals surface area contributed by atoms with Crippen LogP contribution in [-0.4, -0.2) is 30.7 Å². The van der Waals surface area contributed by atoms with Gasteiger partial charge in [-0.15, -0.1) is 0 Å². The summed E-state index contributed by atoms with van der Waals surface area (Å²) in [6.45, 7) is 10.1. The SMILES string of the molecule is CCOc1cc(C2C3=C(CC(C)(C)CC3=O)OC3=C2C(=O)CC(C)(C)C3)ccc1OCC(=O)Nc1ccc(F)cc1. The largest absolute Gasteiger partial charge is 0.490 e. The van der Waals surface area contributed by atoms with E-state index in [1.807, 2.05) is 13.0 Å². The van der Waals surface area contributed by atoms with Crippen LogP contribution >= 0.6 is 0 Å². The van der Waals surface area contributed by atoms with Crippen LogP contribution in [0.2, 0.25) is 0 Å². The minimum absolute atomic E-state index is 0.0128. The number of Topliss-reactive ketones (excluding diaryl/α,β-unsaturated/α-hetero) is 2. The van der Waals surface area contributed by atoms with Gasteiger partial charge in [0.25, 0.3) is 5.91 Å². The highest BCUT2D eigenvalue weighted by Gasteiger charge is 2.48. The Labute approximate surface area is 239 Å². The van der Waals surface area contributed by atoms with Crippen molar-refractivity contribution < 1.29 is 33.0 Å². The fourth-order valence-corrected chi connectivity index (χ4v) is 5.97. The lowest BCUT2D eigenvalue weighted by Gasteiger charge is -2.42. The van der Waals surface area contributed by atoms with Crippen LogP contribution in [0.1, 0.15) is 71.8 Å². The lowest BCUT2D eigenvalue weighted by molar-refractivity contribution is -0.120. The molecule has 2 aromatic carbocycles. The van der Waals surface area contributed by atoms with E-state index in [9.17, 15) is 18.8 Å². The summed E-state index contributed by atoms with van der Waals surface area (Å²) in [4.78, 5) is 39.6. The van der Waals surface area contributed by atoms with Crippen LogP contribution in [0.25, 0.3) is 0 Å². The van der Waals surface area contributed by atoms with E-state index >= 15 is 0 Å². The normalized spacial score (nSPS) is 19.8. The van der Waals surface area contributed by atoms with Crippen molar-refractivity contribution in [1.82, 2.24) is 0 Å². The van der Waals surface area contributed by atoms with Gasteiger partial charge < -0.3 is 19.5 Å². The van der Waals surface area contributed by atoms with Crippen LogP contribution in [0.3, 0.4) is 0 Å². The number of halogens is 1. The molecule has 3 aliphatic rings. The molecule has 8 heteroatoms. The van der Waals surface area contributed by atoms with Gasteiger partial charge in [-0.25, -0.2) is 4.39 Å². The third-order valence-electron chi connectivity index (χ3n) is 7.67. The molecule has 216 valence electrons. The van der Waals surface area contributed by atoms with Gasteiger partial charge in [-0.2, -0.15) is 0 Å². The smallest absolute Gasteiger partial charge is 0.262 e. The van der Waals surface area contributed by atoms with Crippen molar-refractivity contribution in [2.75, 3.05) is 18.5 Å². The molecule has 5 rings (SSSR count). The highest BCUT2D eigenvalue weighted by Crippen LogP contribution is 2.53. The van der Waals surface area contributed by atoms with Crippen LogP contribution < -0.4 is 14.8 Å². The number of nitrogens with one attached hydrogen (secondary N) is 1. The number of hydrogen-bond acceptors (Lipinski definition) is 6. The topological polar surface area (TPSA) is 90.9 Å². The maximum Gasteiger partial charge on any atom is 0.262 e. The summed E-state index contributed by atoms with van der Waals surface area (Å²) >= 11 is 0. The van der Waals surface area contributed by atoms with Gasteiger partial charge in [0.05, 0.1) is 6.61 Å². The Morgan fingerprint density at radius 3 is 2.02 bits per heavy atom. The Kier molecular flexibility index (Phi) is 7.53. The second kappa shape index (κ2) is 10.8. The van der Waals surface area contributed by atoms with Gasteiger partial charge in [0.2, 0.25) is 0 Å². The Balaban J connectivity index is 1.47. The zero-order valence-corrected chi connectivity index (χ0v) is 24.2. The molecule has 0 saturated carbocycles. The molecule has 0 bridgehead atoms. The molecule has 0 unspecified atom stereocenters. The van der Waals surface area contributed by atoms with Crippen molar-refractivity contribution in [2.24, 2.45) is 10.8 Å². The zero-order chi connectivity index (χ0) is 29.5. The first-order valence-corrected chi connectivity index (χ1v) is 14.0. The van der Waals surface area contributed by atoms with E-state index in [2.05, 4.69) is 33.0 Å². The number of carbonyl (C=O) groups is 3. The predicted octanol–water partition coefficient (Wildman–Crippen LogP) is 6.64. The first-order chi connectivity index (χ1) is 19.4. The highest BCUT2D eigenvalue weighted by atomic mass is 19.1. The van der Waals surface area contributed by atoms with Crippen molar-refractivity contribution in [2.45, 2.75) is 66.2 Å². The maximum absolute atomic E-state index is 13.6. The molecule has 0 atom stereocenters. The van der Waals surface area contributed by atoms with Crippen molar-refractivity contribution in [3.8, 4) is 11.5 Å². The number of ether oxygens (including phenoxy) is 3. The third-order valence-corrected chi connectivity index (χ3v) is 7.67. The lowest BCUT2D eigenvalue weighted by atomic mass is 9.65. The number of ketones is 2. The molecule has 1 heterocycles. The van der Waals surface area contributed by atoms with E-state index in [0.717, 1.165) is 5.56 Å². The molecule has 0 aromatic heterocycles. The summed E-state index contributed by atoms with van der Waals surface area (Å²) < 4.78 is 31.2. The predicted molar refractivity (Wildman–Crippen MR) is 152 cm³/mol. The van der Waals surface area contributed by atoms with Crippen molar-refractivity contribution in [3.05, 3.63) is 76.5 Å². The molecular formula is C33H36FNO6. The standard InChI is InChI=1S/C33H36FNO6/c1-6-39-25-13-19(7-12-24(25)40-18-28(38)35-21-10-8-20(34)9-11-21)29-30-22(36)14-32(2,3)16-26(30)41-27-17-33(4,5)15-23(37)31(27)29/h7-13,29H,6,14-18H2,1-5H3,(H,35,38). The number of benzene rings is 2. The summed E-state index contributed by atoms with van der Waals surface area (Å²) in [6, 6.07) is 10.8. The Bertz CT molecular complexity index is 1420. The quantitative estimate of drug-likeness (QED) is 0.408. The minimum Gasteiger partial charge on any atom is -0.490 e. The maximum atomic E-state index is 13.6. The zero-order valence-electron chi connectivity index (χ0n) is 24.2. The average molecular weight is 562 g/mol. The van der Waals surface area contributed by atoms with Gasteiger partial charge in [-0.05, 0) is 59.7 Å². The first kappa shape index (κ1) is 28.6. The van der Waals surface area contributed by atoms with E-state index in [-0.39, 0.29) is 29.0 Å². The second-order valence-electron chi connectivity index (χ2n) is 12.6. The van der Waals surface area contributed by atoms with Crippen LogP contribution in [-0.2, 0) is 19.1 Å². The number of hydrogen-bond donors (Lipinski definition) is 1. The van der Waals surface area contributed by atoms with Gasteiger partial charge in [-0.1, -0.05) is 33.8 Å². The number of rotatable bonds is 7. The summed E-state index contributed by atoms with van der Waals surface area (Å²) in [5.41, 5.74) is 1.80. The summed E-state index contributed by atoms with van der Waals surface area (Å²) in [7, 11) is 0. The molecule has 1 aliphatic heterocycles. The van der Waals surface area contributed by atoms with Gasteiger partial charge >= 0.3 is 0 Å². The fourth-order valence-electron chi connectivity index (χ4n) is 5.97. The van der Waals surface area contributed by atoms with E-state index in [4.69, 9.17) is 14.2 Å². The third kappa shape index (κ3) is 6.06. The van der Waals surface area contributed by atoms with E-state index in [1.54, 1.807) is 12.1 Å². The Hall–Kier alpha value is -3.94. The highest BCUT2D eigenvalue weighted by molar-refractivity contribution is 6.06. The monoisotopic (exact) mass is 561 g/mol. The molecule has 0 radical (unpaired) electrons. The second-order valence-corrected chi connectivity index (χ2v) is 12.6. The molecule has 2 aliphatic carbocycles. The van der Waals surface area contributed by atoms with Gasteiger partial charge in [0.1, 0.15) is 17.3 Å². The molecule has 2 aromatic rings. The van der Waals surface area contributed by atoms with Crippen molar-refractivity contribution in [1.29, 1.82) is 0 Å². The van der Waals surface area contributed by atoms with E-state index < -0.39 is 17.6 Å². The van der Waals surface area contributed by atoms with Crippen molar-refractivity contribution >= 4 is 23.2 Å². The van der Waals surface area contributed by atoms with Gasteiger partial charge in [0, 0.05) is 48.4 Å². The van der Waals surface area contributed by atoms with Crippen LogP contribution in [0.15, 0.2) is 65.1 Å². The molecule has 41 heavy (non-hydrogen) atoms. The van der Waals surface area contributed by atoms with Crippen LogP contribution in [0, 0.1) is 16.6 Å². The lowest BCUT2D eigenvalue weighted by Crippen LogP contribution is -2.37. The first-order valence-electron chi connectivity index (χ1n) is 14.0. The molecule has 0 spiro atoms. The summed E-state index contributed by atoms with van der Waals surface area (Å²) in [5.74, 6) is 0.664. The fraction of sp³-hybridized carbons (Fsp3) is 0.424. The Morgan fingerprint density at radius 1 is 0.878 bits per heavy atom. The van der Waals surface area contributed by atoms with Gasteiger partial charge in [0.15, 0.2) is 29.7 Å². The molecular weight excluding hydrogens is 525 g/mol. The van der Waals surface area contributed by atoms with E-state index in [1.165, 1.54) is 24.3 Å². The number of carbonyl (C=O) groups excluding carboxylic acids is 3. The molecule has 7 nitrogen and oxygen atoms in total. The van der Waals surface area contributed by atoms with Crippen LogP contribution in [0.4, 0.5) is 10.1 Å². The van der Waals surface area contributed by atoms with Crippen molar-refractivity contribution in [3.63, 3.8) is 0 Å². The van der Waals surface area contributed by atoms with E-state index in [0.29, 0.717) is 72.1 Å². The number of amides is 1. The number of allylic oxidation sites excluding steroid dienone is 4. The molecule has 1 amide bonds. The van der Waals surface area contributed by atoms with Crippen LogP contribution in [0.5, 0.6) is 11.5 Å². The molecule has 1 N–H and O–H groups in total. The Morgan fingerprint density at radius 2 is 1.46 bits per heavy atom. The summed E-state index contributed by atoms with van der Waals surface area (Å²) in [6.07, 6.45) is 1.96. The molecule has 0 saturated heterocycles. The van der Waals surface area contributed by atoms with Gasteiger partial charge in [-0.3, -0.25) is 14.4 Å². The molecule has 0 fully saturated rings. The minimum atomic E-state index is -0.559. The average Bonchev–Trinajstić information content (AvgIpc) is 2.87. The summed E-state index contributed by atoms with van der Waals surface area (Å²) in [5, 5.41) is 2.67. The number of anilines is 1.